The fourth-order valence-corrected chi connectivity index (χ4v) is 3.87. The molecule has 0 spiro atoms. The molecule has 1 N–H and O–H groups in total. The lowest BCUT2D eigenvalue weighted by molar-refractivity contribution is 0.0772. The Morgan fingerprint density at radius 1 is 1.23 bits per heavy atom. The first kappa shape index (κ1) is 25.3. The number of rotatable bonds is 6. The number of sulfonamides is 1. The predicted molar refractivity (Wildman–Crippen MR) is 104 cm³/mol. The summed E-state index contributed by atoms with van der Waals surface area (Å²) in [6.07, 6.45) is -1.25. The Morgan fingerprint density at radius 3 is 2.27 bits per heavy atom. The van der Waals surface area contributed by atoms with Crippen LogP contribution in [0.1, 0.15) is 0 Å². The van der Waals surface area contributed by atoms with E-state index in [1.54, 1.807) is 0 Å². The summed E-state index contributed by atoms with van der Waals surface area (Å²) in [6.45, 7) is -1.04. The monoisotopic (exact) mass is 542 g/mol. The first-order valence-electron chi connectivity index (χ1n) is 7.64. The molecular weight excluding hydrogens is 530 g/mol. The van der Waals surface area contributed by atoms with Gasteiger partial charge in [0.05, 0.1) is 25.0 Å². The molecular formula is C13H14Cl3F5N2O5S2. The lowest BCUT2D eigenvalue weighted by atomic mass is 10.2. The molecule has 0 aromatic heterocycles. The van der Waals surface area contributed by atoms with Crippen molar-refractivity contribution in [2.75, 3.05) is 31.3 Å². The molecule has 0 radical (unpaired) electrons. The van der Waals surface area contributed by atoms with Crippen molar-refractivity contribution in [3.8, 4) is 5.75 Å². The van der Waals surface area contributed by atoms with E-state index in [1.807, 2.05) is 5.32 Å². The van der Waals surface area contributed by atoms with Gasteiger partial charge in [-0.2, -0.15) is 4.31 Å². The van der Waals surface area contributed by atoms with Crippen LogP contribution in [0, 0.1) is 0 Å². The average Bonchev–Trinajstić information content (AvgIpc) is 2.45. The van der Waals surface area contributed by atoms with Crippen LogP contribution in [-0.2, 0) is 14.8 Å². The molecule has 0 saturated carbocycles. The van der Waals surface area contributed by atoms with Gasteiger partial charge in [-0.15, -0.1) is 0 Å². The summed E-state index contributed by atoms with van der Waals surface area (Å²) in [5, 5.41) is 1.82. The first-order valence-corrected chi connectivity index (χ1v) is 12.6. The normalized spacial score (nSPS) is 18.7. The summed E-state index contributed by atoms with van der Waals surface area (Å²) in [7, 11) is -13.6. The number of carbonyl (C=O) groups excluding carboxylic acids is 1. The van der Waals surface area contributed by atoms with Gasteiger partial charge in [0.1, 0.15) is 23.4 Å². The molecule has 1 aromatic carbocycles. The molecule has 1 aromatic rings. The van der Waals surface area contributed by atoms with Crippen molar-refractivity contribution in [1.29, 1.82) is 0 Å². The Morgan fingerprint density at radius 2 is 1.80 bits per heavy atom. The van der Waals surface area contributed by atoms with Crippen LogP contribution in [0.5, 0.6) is 5.75 Å². The van der Waals surface area contributed by atoms with E-state index in [4.69, 9.17) is 39.5 Å². The highest BCUT2D eigenvalue weighted by Gasteiger charge is 2.65. The van der Waals surface area contributed by atoms with E-state index in [0.29, 0.717) is 6.07 Å². The van der Waals surface area contributed by atoms with Crippen LogP contribution in [0.25, 0.3) is 0 Å². The molecule has 1 fully saturated rings. The van der Waals surface area contributed by atoms with Crippen molar-refractivity contribution in [1.82, 2.24) is 4.31 Å². The Labute approximate surface area is 183 Å². The van der Waals surface area contributed by atoms with Crippen molar-refractivity contribution in [2.24, 2.45) is 0 Å². The van der Waals surface area contributed by atoms with Crippen molar-refractivity contribution < 1.29 is 42.1 Å². The predicted octanol–water partition coefficient (Wildman–Crippen LogP) is 5.29. The van der Waals surface area contributed by atoms with Gasteiger partial charge in [0.15, 0.2) is 0 Å². The van der Waals surface area contributed by atoms with E-state index in [9.17, 15) is 32.6 Å². The maximum atomic E-state index is 13.1. The highest BCUT2D eigenvalue weighted by molar-refractivity contribution is 8.45. The first-order chi connectivity index (χ1) is 13.1. The highest BCUT2D eigenvalue weighted by atomic mass is 35.6. The summed E-state index contributed by atoms with van der Waals surface area (Å²) in [4.78, 5) is 9.49. The van der Waals surface area contributed by atoms with Crippen LogP contribution < -0.4 is 10.1 Å². The van der Waals surface area contributed by atoms with Gasteiger partial charge in [-0.3, -0.25) is 5.32 Å². The van der Waals surface area contributed by atoms with E-state index >= 15 is 0 Å². The summed E-state index contributed by atoms with van der Waals surface area (Å²) >= 11 is 16.1. The third kappa shape index (κ3) is 7.34. The lowest BCUT2D eigenvalue weighted by Gasteiger charge is -2.41. The molecule has 1 saturated heterocycles. The number of carbonyl (C=O) groups is 1. The minimum absolute atomic E-state index is 0.0273. The van der Waals surface area contributed by atoms with E-state index in [2.05, 4.69) is 4.74 Å². The second-order valence-corrected chi connectivity index (χ2v) is 13.2. The number of amides is 1. The van der Waals surface area contributed by atoms with Crippen molar-refractivity contribution >= 4 is 66.8 Å². The molecule has 30 heavy (non-hydrogen) atoms. The Kier molecular flexibility index (Phi) is 6.17. The van der Waals surface area contributed by atoms with Gasteiger partial charge in [-0.25, -0.2) is 13.2 Å². The largest absolute Gasteiger partial charge is 0.485 e. The molecule has 1 aliphatic rings. The number of halogens is 8. The maximum absolute atomic E-state index is 13.1. The molecule has 174 valence electrons. The highest BCUT2D eigenvalue weighted by Crippen LogP contribution is 3.02. The molecule has 0 unspecified atom stereocenters. The molecule has 0 bridgehead atoms. The zero-order chi connectivity index (χ0) is 23.2. The summed E-state index contributed by atoms with van der Waals surface area (Å²) in [5.74, 6) is -0.426. The fourth-order valence-electron chi connectivity index (χ4n) is 2.17. The lowest BCUT2D eigenvalue weighted by Crippen LogP contribution is -2.55. The number of hydrogen-bond donors (Lipinski definition) is 1. The average molecular weight is 544 g/mol. The zero-order valence-corrected chi connectivity index (χ0v) is 18.7. The molecule has 0 aliphatic carbocycles. The smallest absolute Gasteiger partial charge is 0.411 e. The Bertz CT molecular complexity index is 951. The minimum Gasteiger partial charge on any atom is -0.485 e. The third-order valence-corrected chi connectivity index (χ3v) is 6.29. The van der Waals surface area contributed by atoms with Crippen LogP contribution in [0.15, 0.2) is 23.1 Å². The van der Waals surface area contributed by atoms with Gasteiger partial charge < -0.3 is 9.47 Å². The molecule has 0 atom stereocenters. The number of nitrogens with one attached hydrogen (secondary N) is 1. The van der Waals surface area contributed by atoms with Crippen LogP contribution in [0.4, 0.5) is 29.9 Å². The molecule has 1 aliphatic heterocycles. The van der Waals surface area contributed by atoms with Crippen molar-refractivity contribution in [3.63, 3.8) is 0 Å². The van der Waals surface area contributed by atoms with Gasteiger partial charge in [-0.05, 0) is 18.2 Å². The van der Waals surface area contributed by atoms with Crippen LogP contribution in [0.3, 0.4) is 0 Å². The maximum Gasteiger partial charge on any atom is 0.411 e. The van der Waals surface area contributed by atoms with Crippen LogP contribution in [0.2, 0.25) is 0 Å². The van der Waals surface area contributed by atoms with Crippen molar-refractivity contribution in [2.45, 2.75) is 14.8 Å². The fraction of sp³-hybridized carbons (Fsp3) is 0.462. The second kappa shape index (κ2) is 7.30. The summed E-state index contributed by atoms with van der Waals surface area (Å²) in [5.41, 5.74) is -0.798. The van der Waals surface area contributed by atoms with Crippen molar-refractivity contribution in [3.05, 3.63) is 18.2 Å². The molecule has 17 heteroatoms. The van der Waals surface area contributed by atoms with E-state index in [1.165, 1.54) is 0 Å². The van der Waals surface area contributed by atoms with E-state index < -0.39 is 59.2 Å². The minimum atomic E-state index is -10.1. The molecule has 1 heterocycles. The van der Waals surface area contributed by atoms with E-state index in [0.717, 1.165) is 10.6 Å². The van der Waals surface area contributed by atoms with Crippen LogP contribution >= 0.6 is 45.0 Å². The summed E-state index contributed by atoms with van der Waals surface area (Å²) in [6, 6.07) is 0.628. The number of alkyl halides is 3. The van der Waals surface area contributed by atoms with E-state index in [-0.39, 0.29) is 25.2 Å². The third-order valence-electron chi connectivity index (χ3n) is 3.58. The van der Waals surface area contributed by atoms with Gasteiger partial charge in [0.2, 0.25) is 13.8 Å². The molecule has 2 rings (SSSR count). The van der Waals surface area contributed by atoms with Gasteiger partial charge in [0.25, 0.3) is 0 Å². The quantitative estimate of drug-likeness (QED) is 0.390. The Hall–Kier alpha value is -0.930. The zero-order valence-electron chi connectivity index (χ0n) is 14.8. The van der Waals surface area contributed by atoms with Gasteiger partial charge in [-0.1, -0.05) is 54.2 Å². The molecule has 7 nitrogen and oxygen atoms in total. The van der Waals surface area contributed by atoms with Crippen LogP contribution in [-0.4, -0.2) is 54.7 Å². The number of ether oxygens (including phenoxy) is 2. The number of anilines is 1. The number of nitrogens with zero attached hydrogens (tertiary/aromatic N) is 1. The topological polar surface area (TPSA) is 84.9 Å². The molecule has 1 amide bonds. The standard InChI is InChI=1S/C13H14Cl3F5N2O5S2/c1-29(25,26)23-5-8(6-23)28-11-3-2-9(30(17,18,19,20)21)4-10(11)22-12(24)27-7-13(14,15)16/h2-4,8H,5-7H2,1H3,(H,22,24). The number of benzene rings is 1. The van der Waals surface area contributed by atoms with Gasteiger partial charge >= 0.3 is 16.3 Å². The van der Waals surface area contributed by atoms with Gasteiger partial charge in [0, 0.05) is 0 Å². The summed E-state index contributed by atoms with van der Waals surface area (Å²) < 4.78 is 97.1. The second-order valence-electron chi connectivity index (χ2n) is 6.26. The Balaban J connectivity index is 2.27. The SMILES string of the molecule is CS(=O)(=O)N1CC(Oc2ccc(S(F)(F)(F)(F)F)cc2NC(=O)OCC(Cl)(Cl)Cl)C1. The number of hydrogen-bond acceptors (Lipinski definition) is 5.